The summed E-state index contributed by atoms with van der Waals surface area (Å²) >= 11 is 0. The van der Waals surface area contributed by atoms with Gasteiger partial charge in [0.15, 0.2) is 0 Å². The molecule has 0 spiro atoms. The molecule has 3 heteroatoms. The van der Waals surface area contributed by atoms with Crippen LogP contribution in [-0.4, -0.2) is 23.2 Å². The van der Waals surface area contributed by atoms with Crippen LogP contribution in [-0.2, 0) is 4.79 Å². The summed E-state index contributed by atoms with van der Waals surface area (Å²) in [5.41, 5.74) is -0.187. The van der Waals surface area contributed by atoms with Gasteiger partial charge in [-0.05, 0) is 55.8 Å². The second-order valence-corrected chi connectivity index (χ2v) is 6.60. The summed E-state index contributed by atoms with van der Waals surface area (Å²) in [6.45, 7) is 2.35. The second kappa shape index (κ2) is 3.22. The molecule has 90 valence electrons. The van der Waals surface area contributed by atoms with Crippen LogP contribution in [0.5, 0.6) is 0 Å². The van der Waals surface area contributed by atoms with Crippen LogP contribution < -0.4 is 5.32 Å². The van der Waals surface area contributed by atoms with E-state index in [4.69, 9.17) is 0 Å². The van der Waals surface area contributed by atoms with E-state index < -0.39 is 5.60 Å². The standard InChI is InChI=1S/C13H21NO2/c1-9(15)14-8-12-3-10-2-11(4-12)6-13(16,5-10)7-12/h10-11,16H,2-8H2,1H3,(H,14,15). The molecule has 4 fully saturated rings. The smallest absolute Gasteiger partial charge is 0.216 e. The summed E-state index contributed by atoms with van der Waals surface area (Å²) in [6.07, 6.45) is 6.66. The Balaban J connectivity index is 1.78. The van der Waals surface area contributed by atoms with Crippen molar-refractivity contribution < 1.29 is 9.90 Å². The van der Waals surface area contributed by atoms with Crippen LogP contribution in [0.1, 0.15) is 45.4 Å². The fraction of sp³-hybridized carbons (Fsp3) is 0.923. The largest absolute Gasteiger partial charge is 0.390 e. The molecule has 3 nitrogen and oxygen atoms in total. The Morgan fingerprint density at radius 2 is 1.94 bits per heavy atom. The first-order valence-electron chi connectivity index (χ1n) is 6.46. The van der Waals surface area contributed by atoms with Crippen LogP contribution in [0.4, 0.5) is 0 Å². The Hall–Kier alpha value is -0.570. The van der Waals surface area contributed by atoms with E-state index in [0.717, 1.165) is 25.8 Å². The van der Waals surface area contributed by atoms with Crippen molar-refractivity contribution in [3.8, 4) is 0 Å². The summed E-state index contributed by atoms with van der Waals surface area (Å²) in [5.74, 6) is 1.47. The van der Waals surface area contributed by atoms with E-state index in [2.05, 4.69) is 5.32 Å². The monoisotopic (exact) mass is 223 g/mol. The molecule has 0 aromatic carbocycles. The first kappa shape index (κ1) is 10.6. The Morgan fingerprint density at radius 1 is 1.31 bits per heavy atom. The van der Waals surface area contributed by atoms with Crippen molar-refractivity contribution in [2.45, 2.75) is 51.0 Å². The minimum absolute atomic E-state index is 0.0581. The molecule has 2 atom stereocenters. The van der Waals surface area contributed by atoms with Crippen LogP contribution in [0.2, 0.25) is 0 Å². The van der Waals surface area contributed by atoms with Crippen LogP contribution >= 0.6 is 0 Å². The first-order valence-corrected chi connectivity index (χ1v) is 6.46. The highest BCUT2D eigenvalue weighted by atomic mass is 16.3. The summed E-state index contributed by atoms with van der Waals surface area (Å²) in [5, 5.41) is 13.5. The van der Waals surface area contributed by atoms with Gasteiger partial charge >= 0.3 is 0 Å². The van der Waals surface area contributed by atoms with Crippen molar-refractivity contribution in [2.75, 3.05) is 6.54 Å². The van der Waals surface area contributed by atoms with Gasteiger partial charge in [-0.15, -0.1) is 0 Å². The minimum Gasteiger partial charge on any atom is -0.390 e. The van der Waals surface area contributed by atoms with Gasteiger partial charge < -0.3 is 10.4 Å². The van der Waals surface area contributed by atoms with Crippen molar-refractivity contribution in [1.82, 2.24) is 5.32 Å². The third kappa shape index (κ3) is 1.65. The number of nitrogens with one attached hydrogen (secondary N) is 1. The fourth-order valence-corrected chi connectivity index (χ4v) is 4.92. The molecule has 4 saturated carbocycles. The van der Waals surface area contributed by atoms with Crippen molar-refractivity contribution in [3.05, 3.63) is 0 Å². The molecular formula is C13H21NO2. The lowest BCUT2D eigenvalue weighted by atomic mass is 9.48. The lowest BCUT2D eigenvalue weighted by Crippen LogP contribution is -2.58. The van der Waals surface area contributed by atoms with E-state index >= 15 is 0 Å². The molecule has 0 heterocycles. The van der Waals surface area contributed by atoms with E-state index in [0.29, 0.717) is 11.8 Å². The van der Waals surface area contributed by atoms with Gasteiger partial charge in [0.25, 0.3) is 0 Å². The van der Waals surface area contributed by atoms with Crippen LogP contribution in [0.15, 0.2) is 0 Å². The molecule has 2 unspecified atom stereocenters. The SMILES string of the molecule is CC(=O)NCC12CC3CC(CC(O)(C3)C1)C2. The molecule has 4 aliphatic carbocycles. The van der Waals surface area contributed by atoms with Crippen molar-refractivity contribution in [1.29, 1.82) is 0 Å². The van der Waals surface area contributed by atoms with Gasteiger partial charge in [0.05, 0.1) is 5.60 Å². The number of hydrogen-bond acceptors (Lipinski definition) is 2. The maximum Gasteiger partial charge on any atom is 0.216 e. The zero-order chi connectivity index (χ0) is 11.4. The maximum absolute atomic E-state index is 11.0. The quantitative estimate of drug-likeness (QED) is 0.744. The first-order chi connectivity index (χ1) is 7.49. The summed E-state index contributed by atoms with van der Waals surface area (Å²) < 4.78 is 0. The van der Waals surface area contributed by atoms with Crippen molar-refractivity contribution in [3.63, 3.8) is 0 Å². The lowest BCUT2D eigenvalue weighted by molar-refractivity contribution is -0.163. The molecule has 0 radical (unpaired) electrons. The van der Waals surface area contributed by atoms with Crippen LogP contribution in [0.3, 0.4) is 0 Å². The van der Waals surface area contributed by atoms with Crippen LogP contribution in [0, 0.1) is 17.3 Å². The average molecular weight is 223 g/mol. The maximum atomic E-state index is 11.0. The van der Waals surface area contributed by atoms with E-state index in [9.17, 15) is 9.90 Å². The second-order valence-electron chi connectivity index (χ2n) is 6.60. The van der Waals surface area contributed by atoms with Gasteiger partial charge in [-0.25, -0.2) is 0 Å². The number of rotatable bonds is 2. The predicted octanol–water partition coefficient (Wildman–Crippen LogP) is 1.45. The normalized spacial score (nSPS) is 49.4. The molecule has 16 heavy (non-hydrogen) atoms. The molecule has 0 aromatic heterocycles. The average Bonchev–Trinajstić information content (AvgIpc) is 2.10. The third-order valence-corrected chi connectivity index (χ3v) is 4.86. The Labute approximate surface area is 96.6 Å². The summed E-state index contributed by atoms with van der Waals surface area (Å²) in [6, 6.07) is 0. The number of carbonyl (C=O) groups excluding carboxylic acids is 1. The van der Waals surface area contributed by atoms with Gasteiger partial charge in [-0.2, -0.15) is 0 Å². The molecule has 2 N–H and O–H groups in total. The van der Waals surface area contributed by atoms with E-state index in [1.54, 1.807) is 6.92 Å². The van der Waals surface area contributed by atoms with Crippen LogP contribution in [0.25, 0.3) is 0 Å². The Morgan fingerprint density at radius 3 is 2.44 bits per heavy atom. The topological polar surface area (TPSA) is 49.3 Å². The summed E-state index contributed by atoms with van der Waals surface area (Å²) in [7, 11) is 0. The zero-order valence-electron chi connectivity index (χ0n) is 9.96. The molecular weight excluding hydrogens is 202 g/mol. The molecule has 4 bridgehead atoms. The van der Waals surface area contributed by atoms with Gasteiger partial charge in [0.2, 0.25) is 5.91 Å². The van der Waals surface area contributed by atoms with Crippen molar-refractivity contribution in [2.24, 2.45) is 17.3 Å². The Kier molecular flexibility index (Phi) is 2.13. The highest BCUT2D eigenvalue weighted by Gasteiger charge is 2.56. The number of amides is 1. The highest BCUT2D eigenvalue weighted by Crippen LogP contribution is 2.61. The number of aliphatic hydroxyl groups is 1. The lowest BCUT2D eigenvalue weighted by Gasteiger charge is -2.60. The fourth-order valence-electron chi connectivity index (χ4n) is 4.92. The van der Waals surface area contributed by atoms with Gasteiger partial charge in [0.1, 0.15) is 0 Å². The summed E-state index contributed by atoms with van der Waals surface area (Å²) in [4.78, 5) is 11.0. The molecule has 0 aliphatic heterocycles. The molecule has 0 saturated heterocycles. The highest BCUT2D eigenvalue weighted by molar-refractivity contribution is 5.72. The zero-order valence-corrected chi connectivity index (χ0v) is 9.96. The van der Waals surface area contributed by atoms with E-state index in [-0.39, 0.29) is 11.3 Å². The number of hydrogen-bond donors (Lipinski definition) is 2. The van der Waals surface area contributed by atoms with Gasteiger partial charge in [0, 0.05) is 13.5 Å². The number of carbonyl (C=O) groups is 1. The molecule has 0 aromatic rings. The van der Waals surface area contributed by atoms with Gasteiger partial charge in [-0.1, -0.05) is 0 Å². The molecule has 4 rings (SSSR count). The van der Waals surface area contributed by atoms with E-state index in [1.807, 2.05) is 0 Å². The molecule has 1 amide bonds. The van der Waals surface area contributed by atoms with Gasteiger partial charge in [-0.3, -0.25) is 4.79 Å². The van der Waals surface area contributed by atoms with Crippen molar-refractivity contribution >= 4 is 5.91 Å². The molecule has 4 aliphatic rings. The third-order valence-electron chi connectivity index (χ3n) is 4.86. The minimum atomic E-state index is -0.400. The predicted molar refractivity (Wildman–Crippen MR) is 60.7 cm³/mol. The van der Waals surface area contributed by atoms with E-state index in [1.165, 1.54) is 19.3 Å². The Bertz CT molecular complexity index is 312.